The molecule has 0 spiro atoms. The van der Waals surface area contributed by atoms with Gasteiger partial charge in [0.05, 0.1) is 11.0 Å². The molecule has 0 amide bonds. The Morgan fingerprint density at radius 2 is 0.776 bits per heavy atom. The van der Waals surface area contributed by atoms with E-state index in [4.69, 9.17) is 4.42 Å². The minimum absolute atomic E-state index is 0.902. The number of hydrogen-bond donors (Lipinski definition) is 0. The Labute approximate surface area is 388 Å². The molecule has 0 radical (unpaired) electrons. The van der Waals surface area contributed by atoms with Crippen LogP contribution < -0.4 is 4.90 Å². The first kappa shape index (κ1) is 38.5. The van der Waals surface area contributed by atoms with E-state index in [0.717, 1.165) is 66.9 Å². The molecule has 0 aliphatic rings. The molecule has 2 heterocycles. The van der Waals surface area contributed by atoms with Gasteiger partial charge in [0.15, 0.2) is 0 Å². The van der Waals surface area contributed by atoms with Gasteiger partial charge in [-0.2, -0.15) is 0 Å². The van der Waals surface area contributed by atoms with E-state index in [1.807, 2.05) is 12.1 Å². The van der Waals surface area contributed by atoms with Gasteiger partial charge in [-0.25, -0.2) is 0 Å². The molecule has 67 heavy (non-hydrogen) atoms. The summed E-state index contributed by atoms with van der Waals surface area (Å²) in [6.07, 6.45) is 0. The van der Waals surface area contributed by atoms with Gasteiger partial charge in [-0.1, -0.05) is 176 Å². The Balaban J connectivity index is 0.871. The molecule has 0 unspecified atom stereocenters. The molecule has 0 aliphatic carbocycles. The molecular formula is C64H42N2O. The minimum Gasteiger partial charge on any atom is -0.456 e. The zero-order valence-corrected chi connectivity index (χ0v) is 36.6. The lowest BCUT2D eigenvalue weighted by molar-refractivity contribution is 0.669. The summed E-state index contributed by atoms with van der Waals surface area (Å²) in [6, 6.07) is 91.9. The summed E-state index contributed by atoms with van der Waals surface area (Å²) in [7, 11) is 0. The summed E-state index contributed by atoms with van der Waals surface area (Å²) in [6.45, 7) is 0. The zero-order chi connectivity index (χ0) is 44.3. The molecule has 13 aromatic rings. The van der Waals surface area contributed by atoms with E-state index in [1.165, 1.54) is 54.8 Å². The third-order valence-corrected chi connectivity index (χ3v) is 13.4. The predicted octanol–water partition coefficient (Wildman–Crippen LogP) is 18.0. The van der Waals surface area contributed by atoms with E-state index in [-0.39, 0.29) is 0 Å². The highest BCUT2D eigenvalue weighted by atomic mass is 16.3. The molecule has 0 N–H and O–H groups in total. The molecule has 0 saturated heterocycles. The number of hydrogen-bond acceptors (Lipinski definition) is 2. The van der Waals surface area contributed by atoms with E-state index in [2.05, 4.69) is 252 Å². The molecule has 3 nitrogen and oxygen atoms in total. The summed E-state index contributed by atoms with van der Waals surface area (Å²) < 4.78 is 8.63. The molecule has 13 rings (SSSR count). The van der Waals surface area contributed by atoms with Crippen LogP contribution in [0.5, 0.6) is 0 Å². The lowest BCUT2D eigenvalue weighted by Gasteiger charge is -2.26. The van der Waals surface area contributed by atoms with Crippen LogP contribution in [0.3, 0.4) is 0 Å². The maximum atomic E-state index is 6.25. The number of anilines is 3. The van der Waals surface area contributed by atoms with Gasteiger partial charge in [-0.15, -0.1) is 0 Å². The van der Waals surface area contributed by atoms with Crippen molar-refractivity contribution in [1.29, 1.82) is 0 Å². The quantitative estimate of drug-likeness (QED) is 0.152. The summed E-state index contributed by atoms with van der Waals surface area (Å²) >= 11 is 0. The Morgan fingerprint density at radius 1 is 0.299 bits per heavy atom. The molecule has 2 aromatic heterocycles. The van der Waals surface area contributed by atoms with E-state index in [9.17, 15) is 0 Å². The SMILES string of the molecule is c1cc(-c2ccc(N(c3ccc(-c4cccc(-n5c6ccccc6c6ccccc65)c4)cc3)c3ccc(-c4cccc5ccccc45)cc3)cc2)cc(-c2cccc3oc4ccccc4c23)c1. The number of para-hydroxylation sites is 3. The number of rotatable bonds is 8. The maximum Gasteiger partial charge on any atom is 0.136 e. The minimum atomic E-state index is 0.902. The van der Waals surface area contributed by atoms with Crippen molar-refractivity contribution in [3.8, 4) is 50.2 Å². The summed E-state index contributed by atoms with van der Waals surface area (Å²) in [4.78, 5) is 2.36. The zero-order valence-electron chi connectivity index (χ0n) is 36.6. The van der Waals surface area contributed by atoms with Crippen LogP contribution >= 0.6 is 0 Å². The van der Waals surface area contributed by atoms with Gasteiger partial charge in [-0.05, 0) is 134 Å². The van der Waals surface area contributed by atoms with Gasteiger partial charge in [0.1, 0.15) is 11.2 Å². The first-order chi connectivity index (χ1) is 33.2. The number of fused-ring (bicyclic) bond motifs is 7. The molecule has 0 fully saturated rings. The summed E-state index contributed by atoms with van der Waals surface area (Å²) in [5, 5.41) is 7.29. The van der Waals surface area contributed by atoms with Crippen molar-refractivity contribution in [2.75, 3.05) is 4.90 Å². The average molecular weight is 855 g/mol. The van der Waals surface area contributed by atoms with Crippen molar-refractivity contribution >= 4 is 71.6 Å². The molecule has 314 valence electrons. The van der Waals surface area contributed by atoms with Crippen LogP contribution in [0.4, 0.5) is 17.1 Å². The maximum absolute atomic E-state index is 6.25. The normalized spacial score (nSPS) is 11.6. The third-order valence-electron chi connectivity index (χ3n) is 13.4. The fourth-order valence-electron chi connectivity index (χ4n) is 10.2. The highest BCUT2D eigenvalue weighted by Crippen LogP contribution is 2.41. The van der Waals surface area contributed by atoms with Gasteiger partial charge < -0.3 is 13.9 Å². The van der Waals surface area contributed by atoms with Crippen LogP contribution in [0.2, 0.25) is 0 Å². The second kappa shape index (κ2) is 16.0. The molecule has 11 aromatic carbocycles. The highest BCUT2D eigenvalue weighted by molar-refractivity contribution is 6.13. The fraction of sp³-hybridized carbons (Fsp3) is 0. The van der Waals surface area contributed by atoms with Crippen molar-refractivity contribution in [2.45, 2.75) is 0 Å². The number of benzene rings is 11. The molecular weight excluding hydrogens is 813 g/mol. The largest absolute Gasteiger partial charge is 0.456 e. The molecule has 0 aliphatic heterocycles. The van der Waals surface area contributed by atoms with Crippen molar-refractivity contribution in [3.05, 3.63) is 255 Å². The van der Waals surface area contributed by atoms with Crippen molar-refractivity contribution in [2.24, 2.45) is 0 Å². The van der Waals surface area contributed by atoms with Crippen LogP contribution in [0, 0.1) is 0 Å². The first-order valence-electron chi connectivity index (χ1n) is 22.9. The third kappa shape index (κ3) is 6.67. The van der Waals surface area contributed by atoms with Gasteiger partial charge in [0.2, 0.25) is 0 Å². The monoisotopic (exact) mass is 854 g/mol. The summed E-state index contributed by atoms with van der Waals surface area (Å²) in [5.74, 6) is 0. The van der Waals surface area contributed by atoms with Crippen molar-refractivity contribution in [3.63, 3.8) is 0 Å². The van der Waals surface area contributed by atoms with Gasteiger partial charge in [0.25, 0.3) is 0 Å². The second-order valence-corrected chi connectivity index (χ2v) is 17.3. The lowest BCUT2D eigenvalue weighted by Crippen LogP contribution is -2.09. The highest BCUT2D eigenvalue weighted by Gasteiger charge is 2.17. The van der Waals surface area contributed by atoms with Crippen LogP contribution in [0.15, 0.2) is 259 Å². The second-order valence-electron chi connectivity index (χ2n) is 17.3. The number of aromatic nitrogens is 1. The Bertz CT molecular complexity index is 3910. The van der Waals surface area contributed by atoms with E-state index >= 15 is 0 Å². The molecule has 0 atom stereocenters. The number of nitrogens with zero attached hydrogens (tertiary/aromatic N) is 2. The lowest BCUT2D eigenvalue weighted by atomic mass is 9.95. The van der Waals surface area contributed by atoms with Crippen LogP contribution in [0.1, 0.15) is 0 Å². The standard InChI is InChI=1S/C64H42N2O/c1-2-19-54-45(13-1)14-11-23-55(54)46-33-39-52(40-34-46)65(50-35-29-43(30-36-50)47-15-9-17-49(41-47)56-24-12-28-63-64(56)59-22-5-8-27-62(59)67-63)51-37-31-44(32-38-51)48-16-10-18-53(42-48)66-60-25-6-3-20-57(60)58-21-4-7-26-61(58)66/h1-42H. The van der Waals surface area contributed by atoms with Gasteiger partial charge in [-0.3, -0.25) is 0 Å². The van der Waals surface area contributed by atoms with Crippen LogP contribution in [-0.2, 0) is 0 Å². The van der Waals surface area contributed by atoms with Crippen molar-refractivity contribution in [1.82, 2.24) is 4.57 Å². The number of furan rings is 1. The predicted molar refractivity (Wildman–Crippen MR) is 282 cm³/mol. The molecule has 3 heteroatoms. The van der Waals surface area contributed by atoms with Crippen LogP contribution in [-0.4, -0.2) is 4.57 Å². The van der Waals surface area contributed by atoms with Gasteiger partial charge >= 0.3 is 0 Å². The first-order valence-corrected chi connectivity index (χ1v) is 22.9. The van der Waals surface area contributed by atoms with E-state index < -0.39 is 0 Å². The van der Waals surface area contributed by atoms with Crippen molar-refractivity contribution < 1.29 is 4.42 Å². The topological polar surface area (TPSA) is 21.3 Å². The Kier molecular flexibility index (Phi) is 9.17. The van der Waals surface area contributed by atoms with Gasteiger partial charge in [0, 0.05) is 44.3 Å². The molecule has 0 saturated carbocycles. The van der Waals surface area contributed by atoms with E-state index in [1.54, 1.807) is 0 Å². The van der Waals surface area contributed by atoms with Crippen LogP contribution in [0.25, 0.3) is 105 Å². The Hall–Kier alpha value is -8.92. The summed E-state index contributed by atoms with van der Waals surface area (Å²) in [5.41, 5.74) is 18.0. The Morgan fingerprint density at radius 3 is 1.46 bits per heavy atom. The van der Waals surface area contributed by atoms with E-state index in [0.29, 0.717) is 0 Å². The molecule has 0 bridgehead atoms. The smallest absolute Gasteiger partial charge is 0.136 e. The average Bonchev–Trinajstić information content (AvgIpc) is 3.96. The fourth-order valence-corrected chi connectivity index (χ4v) is 10.2.